The van der Waals surface area contributed by atoms with Crippen LogP contribution in [0.25, 0.3) is 10.2 Å². The minimum atomic E-state index is -0.719. The molecule has 1 amide bonds. The van der Waals surface area contributed by atoms with Gasteiger partial charge >= 0.3 is 0 Å². The van der Waals surface area contributed by atoms with Crippen molar-refractivity contribution in [1.29, 1.82) is 0 Å². The van der Waals surface area contributed by atoms with Gasteiger partial charge in [-0.2, -0.15) is 0 Å². The Kier molecular flexibility index (Phi) is 6.22. The molecule has 3 aromatic rings. The number of carbonyl (C=O) groups excluding carboxylic acids is 1. The molecule has 33 heavy (non-hydrogen) atoms. The monoisotopic (exact) mass is 469 g/mol. The average Bonchev–Trinajstić information content (AvgIpc) is 3.16. The van der Waals surface area contributed by atoms with E-state index in [-0.39, 0.29) is 16.9 Å². The number of carbonyl (C=O) groups is 1. The van der Waals surface area contributed by atoms with Crippen LogP contribution in [-0.2, 0) is 17.6 Å². The maximum absolute atomic E-state index is 13.4. The van der Waals surface area contributed by atoms with Gasteiger partial charge in [-0.3, -0.25) is 14.2 Å². The van der Waals surface area contributed by atoms with Crippen molar-refractivity contribution in [3.05, 3.63) is 45.3 Å². The summed E-state index contributed by atoms with van der Waals surface area (Å²) in [6.07, 6.45) is 4.41. The standard InChI is InChI=1S/C25H31N3O4S/c1-14(22(29)27-16-8-10-18(31-5)19(12-16)32-6)28-13-26-23-21(24(28)30)17-9-7-15(25(2,3)4)11-20(17)33-23/h8,10,12-15H,7,9,11H2,1-6H3,(H,27,29). The largest absolute Gasteiger partial charge is 0.493 e. The van der Waals surface area contributed by atoms with E-state index < -0.39 is 6.04 Å². The Labute approximate surface area is 197 Å². The molecule has 0 bridgehead atoms. The highest BCUT2D eigenvalue weighted by Crippen LogP contribution is 2.42. The molecule has 1 N–H and O–H groups in total. The normalized spacial score (nSPS) is 16.8. The lowest BCUT2D eigenvalue weighted by Crippen LogP contribution is -2.32. The number of benzene rings is 1. The molecule has 0 fully saturated rings. The first-order valence-corrected chi connectivity index (χ1v) is 12.0. The topological polar surface area (TPSA) is 82.5 Å². The van der Waals surface area contributed by atoms with Crippen molar-refractivity contribution in [1.82, 2.24) is 9.55 Å². The van der Waals surface area contributed by atoms with Crippen molar-refractivity contribution < 1.29 is 14.3 Å². The first-order chi connectivity index (χ1) is 15.6. The molecule has 0 saturated heterocycles. The van der Waals surface area contributed by atoms with Crippen LogP contribution in [0, 0.1) is 11.3 Å². The van der Waals surface area contributed by atoms with E-state index in [4.69, 9.17) is 9.47 Å². The van der Waals surface area contributed by atoms with E-state index >= 15 is 0 Å². The Hall–Kier alpha value is -2.87. The summed E-state index contributed by atoms with van der Waals surface area (Å²) in [4.78, 5) is 33.0. The number of ether oxygens (including phenoxy) is 2. The Bertz CT molecular complexity index is 1250. The fourth-order valence-electron chi connectivity index (χ4n) is 4.48. The van der Waals surface area contributed by atoms with E-state index in [1.807, 2.05) is 0 Å². The third-order valence-corrected chi connectivity index (χ3v) is 7.83. The quantitative estimate of drug-likeness (QED) is 0.579. The number of rotatable bonds is 5. The van der Waals surface area contributed by atoms with E-state index in [1.165, 1.54) is 22.9 Å². The molecule has 4 rings (SSSR count). The molecule has 0 spiro atoms. The highest BCUT2D eigenvalue weighted by molar-refractivity contribution is 7.18. The maximum Gasteiger partial charge on any atom is 0.263 e. The number of aryl methyl sites for hydroxylation is 1. The van der Waals surface area contributed by atoms with Crippen LogP contribution in [0.3, 0.4) is 0 Å². The number of fused-ring (bicyclic) bond motifs is 3. The summed E-state index contributed by atoms with van der Waals surface area (Å²) in [7, 11) is 3.10. The van der Waals surface area contributed by atoms with Crippen molar-refractivity contribution in [3.63, 3.8) is 0 Å². The van der Waals surface area contributed by atoms with Crippen LogP contribution in [0.15, 0.2) is 29.3 Å². The van der Waals surface area contributed by atoms with Crippen molar-refractivity contribution in [2.24, 2.45) is 11.3 Å². The molecular weight excluding hydrogens is 438 g/mol. The molecule has 176 valence electrons. The second-order valence-electron chi connectivity index (χ2n) is 9.68. The van der Waals surface area contributed by atoms with Crippen molar-refractivity contribution in [2.45, 2.75) is 53.0 Å². The summed E-state index contributed by atoms with van der Waals surface area (Å²) >= 11 is 1.62. The fraction of sp³-hybridized carbons (Fsp3) is 0.480. The van der Waals surface area contributed by atoms with Gasteiger partial charge in [-0.15, -0.1) is 11.3 Å². The van der Waals surface area contributed by atoms with Crippen LogP contribution in [0.2, 0.25) is 0 Å². The minimum absolute atomic E-state index is 0.151. The molecule has 1 aliphatic rings. The van der Waals surface area contributed by atoms with E-state index in [1.54, 1.807) is 43.6 Å². The molecule has 0 saturated carbocycles. The van der Waals surface area contributed by atoms with Crippen LogP contribution < -0.4 is 20.3 Å². The Morgan fingerprint density at radius 2 is 1.97 bits per heavy atom. The van der Waals surface area contributed by atoms with Crippen LogP contribution in [0.1, 0.15) is 50.6 Å². The van der Waals surface area contributed by atoms with Gasteiger partial charge in [0.05, 0.1) is 25.9 Å². The number of methoxy groups -OCH3 is 2. The Morgan fingerprint density at radius 1 is 1.24 bits per heavy atom. The maximum atomic E-state index is 13.4. The van der Waals surface area contributed by atoms with Gasteiger partial charge in [-0.1, -0.05) is 20.8 Å². The predicted molar refractivity (Wildman–Crippen MR) is 132 cm³/mol. The summed E-state index contributed by atoms with van der Waals surface area (Å²) in [6, 6.07) is 4.43. The molecule has 0 aliphatic heterocycles. The van der Waals surface area contributed by atoms with Crippen LogP contribution in [-0.4, -0.2) is 29.7 Å². The second-order valence-corrected chi connectivity index (χ2v) is 10.8. The third-order valence-electron chi connectivity index (χ3n) is 6.67. The lowest BCUT2D eigenvalue weighted by atomic mass is 9.72. The van der Waals surface area contributed by atoms with Gasteiger partial charge in [0.15, 0.2) is 11.5 Å². The Balaban J connectivity index is 1.62. The first kappa shape index (κ1) is 23.3. The van der Waals surface area contributed by atoms with E-state index in [9.17, 15) is 9.59 Å². The summed E-state index contributed by atoms with van der Waals surface area (Å²) in [6.45, 7) is 8.54. The summed E-state index contributed by atoms with van der Waals surface area (Å²) < 4.78 is 12.0. The van der Waals surface area contributed by atoms with Crippen molar-refractivity contribution >= 4 is 33.1 Å². The zero-order chi connectivity index (χ0) is 23.9. The number of anilines is 1. The first-order valence-electron chi connectivity index (χ1n) is 11.2. The SMILES string of the molecule is COc1ccc(NC(=O)C(C)n2cnc3sc4c(c3c2=O)CCC(C(C)(C)C)C4)cc1OC. The van der Waals surface area contributed by atoms with Crippen molar-refractivity contribution in [3.8, 4) is 11.5 Å². The summed E-state index contributed by atoms with van der Waals surface area (Å²) in [5, 5.41) is 3.54. The second kappa shape index (κ2) is 8.82. The number of aromatic nitrogens is 2. The molecule has 2 aromatic heterocycles. The van der Waals surface area contributed by atoms with Crippen LogP contribution in [0.5, 0.6) is 11.5 Å². The molecule has 2 atom stereocenters. The number of nitrogens with one attached hydrogen (secondary N) is 1. The molecule has 2 heterocycles. The van der Waals surface area contributed by atoms with Gasteiger partial charge < -0.3 is 14.8 Å². The molecule has 1 aromatic carbocycles. The zero-order valence-electron chi connectivity index (χ0n) is 20.0. The number of hydrogen-bond donors (Lipinski definition) is 1. The van der Waals surface area contributed by atoms with Gasteiger partial charge in [-0.05, 0) is 55.2 Å². The highest BCUT2D eigenvalue weighted by atomic mass is 32.1. The van der Waals surface area contributed by atoms with Gasteiger partial charge in [-0.25, -0.2) is 4.98 Å². The molecule has 0 radical (unpaired) electrons. The predicted octanol–water partition coefficient (Wildman–Crippen LogP) is 4.83. The lowest BCUT2D eigenvalue weighted by molar-refractivity contribution is -0.118. The molecular formula is C25H31N3O4S. The average molecular weight is 470 g/mol. The van der Waals surface area contributed by atoms with E-state index in [0.29, 0.717) is 28.5 Å². The summed E-state index contributed by atoms with van der Waals surface area (Å²) in [5.41, 5.74) is 1.77. The van der Waals surface area contributed by atoms with Gasteiger partial charge in [0.1, 0.15) is 10.9 Å². The van der Waals surface area contributed by atoms with Gasteiger partial charge in [0.25, 0.3) is 5.56 Å². The Morgan fingerprint density at radius 3 is 2.64 bits per heavy atom. The van der Waals surface area contributed by atoms with Crippen LogP contribution in [0.4, 0.5) is 5.69 Å². The number of nitrogens with zero attached hydrogens (tertiary/aromatic N) is 2. The van der Waals surface area contributed by atoms with Crippen LogP contribution >= 0.6 is 11.3 Å². The molecule has 7 nitrogen and oxygen atoms in total. The third kappa shape index (κ3) is 4.36. The molecule has 1 aliphatic carbocycles. The molecule has 8 heteroatoms. The highest BCUT2D eigenvalue weighted by Gasteiger charge is 2.32. The number of thiophene rings is 1. The lowest BCUT2D eigenvalue weighted by Gasteiger charge is -2.33. The van der Waals surface area contributed by atoms with E-state index in [0.717, 1.165) is 29.7 Å². The zero-order valence-corrected chi connectivity index (χ0v) is 20.8. The van der Waals surface area contributed by atoms with Crippen molar-refractivity contribution in [2.75, 3.05) is 19.5 Å². The van der Waals surface area contributed by atoms with Gasteiger partial charge in [0.2, 0.25) is 5.91 Å². The minimum Gasteiger partial charge on any atom is -0.493 e. The fourth-order valence-corrected chi connectivity index (χ4v) is 5.74. The number of hydrogen-bond acceptors (Lipinski definition) is 6. The molecule has 2 unspecified atom stereocenters. The number of amides is 1. The summed E-state index contributed by atoms with van der Waals surface area (Å²) in [5.74, 6) is 1.38. The van der Waals surface area contributed by atoms with Gasteiger partial charge in [0, 0.05) is 16.6 Å². The smallest absolute Gasteiger partial charge is 0.263 e. The van der Waals surface area contributed by atoms with E-state index in [2.05, 4.69) is 31.1 Å².